The van der Waals surface area contributed by atoms with Crippen LogP contribution in [0.3, 0.4) is 0 Å². The first-order valence-electron chi connectivity index (χ1n) is 9.36. The van der Waals surface area contributed by atoms with E-state index in [4.69, 9.17) is 0 Å². The summed E-state index contributed by atoms with van der Waals surface area (Å²) in [5, 5.41) is 0. The number of hydrogen-bond donors (Lipinski definition) is 0. The Labute approximate surface area is 153 Å². The minimum absolute atomic E-state index is 0.107. The Hall–Kier alpha value is -1.96. The van der Waals surface area contributed by atoms with Crippen molar-refractivity contribution in [2.24, 2.45) is 5.92 Å². The molecule has 2 heteroatoms. The number of aryl methyl sites for hydroxylation is 2. The molecule has 1 aliphatic carbocycles. The van der Waals surface area contributed by atoms with E-state index in [1.807, 2.05) is 0 Å². The quantitative estimate of drug-likeness (QED) is 0.660. The van der Waals surface area contributed by atoms with Gasteiger partial charge in [-0.2, -0.15) is 0 Å². The molecule has 2 unspecified atom stereocenters. The zero-order valence-electron chi connectivity index (χ0n) is 17.0. The van der Waals surface area contributed by atoms with Crippen molar-refractivity contribution in [2.45, 2.75) is 67.1 Å². The number of allylic oxidation sites excluding steroid dienone is 4. The van der Waals surface area contributed by atoms with E-state index in [0.29, 0.717) is 12.0 Å². The van der Waals surface area contributed by atoms with Gasteiger partial charge in [-0.05, 0) is 65.5 Å². The number of benzene rings is 1. The van der Waals surface area contributed by atoms with Crippen LogP contribution in [-0.2, 0) is 0 Å². The van der Waals surface area contributed by atoms with Gasteiger partial charge in [-0.1, -0.05) is 48.9 Å². The molecule has 1 heterocycles. The summed E-state index contributed by atoms with van der Waals surface area (Å²) in [5.41, 5.74) is 8.11. The van der Waals surface area contributed by atoms with Crippen molar-refractivity contribution in [2.75, 3.05) is 4.90 Å². The standard InChI is InChI=1S/C23H32N2/c1-15-11-9-12-16(2)21(15)24-19(5)20(6)25(23(24,7)8)22-17(3)13-10-14-18(22)4/h9-15,21H,1-8H3. The average molecular weight is 337 g/mol. The number of nitrogens with zero attached hydrogens (tertiary/aromatic N) is 2. The first-order chi connectivity index (χ1) is 11.7. The molecule has 2 aliphatic rings. The molecule has 0 saturated heterocycles. The summed E-state index contributed by atoms with van der Waals surface area (Å²) in [5.74, 6) is 0.505. The SMILES string of the molecule is CC1=CC=CC(C)C1N1C(C)=C(C)N(c2c(C)cccc2C)C1(C)C. The van der Waals surface area contributed by atoms with Crippen LogP contribution in [0.15, 0.2) is 53.4 Å². The lowest BCUT2D eigenvalue weighted by Gasteiger charge is -2.48. The van der Waals surface area contributed by atoms with Crippen LogP contribution < -0.4 is 4.90 Å². The van der Waals surface area contributed by atoms with E-state index in [2.05, 4.69) is 102 Å². The first-order valence-corrected chi connectivity index (χ1v) is 9.36. The minimum atomic E-state index is -0.107. The molecule has 134 valence electrons. The Bertz CT molecular complexity index is 759. The summed E-state index contributed by atoms with van der Waals surface area (Å²) in [4.78, 5) is 5.18. The molecule has 1 aliphatic heterocycles. The van der Waals surface area contributed by atoms with Crippen LogP contribution >= 0.6 is 0 Å². The largest absolute Gasteiger partial charge is 0.344 e. The zero-order chi connectivity index (χ0) is 18.5. The molecular formula is C23H32N2. The van der Waals surface area contributed by atoms with E-state index in [9.17, 15) is 0 Å². The molecule has 0 saturated carbocycles. The van der Waals surface area contributed by atoms with Gasteiger partial charge < -0.3 is 9.80 Å². The molecule has 2 nitrogen and oxygen atoms in total. The van der Waals surface area contributed by atoms with Crippen LogP contribution in [0.1, 0.15) is 52.7 Å². The van der Waals surface area contributed by atoms with E-state index in [1.165, 1.54) is 33.8 Å². The van der Waals surface area contributed by atoms with Crippen LogP contribution in [0, 0.1) is 19.8 Å². The molecule has 0 amide bonds. The Morgan fingerprint density at radius 1 is 0.920 bits per heavy atom. The lowest BCUT2D eigenvalue weighted by molar-refractivity contribution is 0.131. The number of para-hydroxylation sites is 1. The fraction of sp³-hybridized carbons (Fsp3) is 0.478. The predicted molar refractivity (Wildman–Crippen MR) is 109 cm³/mol. The highest BCUT2D eigenvalue weighted by Crippen LogP contribution is 2.46. The van der Waals surface area contributed by atoms with E-state index in [1.54, 1.807) is 0 Å². The number of hydrogen-bond acceptors (Lipinski definition) is 2. The minimum Gasteiger partial charge on any atom is -0.344 e. The smallest absolute Gasteiger partial charge is 0.112 e. The van der Waals surface area contributed by atoms with Crippen molar-refractivity contribution in [3.63, 3.8) is 0 Å². The van der Waals surface area contributed by atoms with E-state index >= 15 is 0 Å². The van der Waals surface area contributed by atoms with E-state index in [-0.39, 0.29) is 5.66 Å². The Kier molecular flexibility index (Phi) is 4.35. The lowest BCUT2D eigenvalue weighted by atomic mass is 9.87. The third-order valence-corrected chi connectivity index (χ3v) is 6.04. The molecule has 0 bridgehead atoms. The Balaban J connectivity index is 2.14. The third kappa shape index (κ3) is 2.63. The molecule has 3 rings (SSSR count). The maximum Gasteiger partial charge on any atom is 0.112 e. The number of anilines is 1. The molecule has 0 N–H and O–H groups in total. The molecule has 0 fully saturated rings. The molecule has 0 spiro atoms. The maximum absolute atomic E-state index is 2.63. The highest BCUT2D eigenvalue weighted by Gasteiger charge is 2.47. The molecule has 25 heavy (non-hydrogen) atoms. The van der Waals surface area contributed by atoms with Crippen molar-refractivity contribution in [3.8, 4) is 0 Å². The summed E-state index contributed by atoms with van der Waals surface area (Å²) in [6.07, 6.45) is 6.80. The van der Waals surface area contributed by atoms with Gasteiger partial charge in [0.15, 0.2) is 0 Å². The Morgan fingerprint density at radius 2 is 1.52 bits per heavy atom. The lowest BCUT2D eigenvalue weighted by Crippen LogP contribution is -2.56. The van der Waals surface area contributed by atoms with Gasteiger partial charge in [0.05, 0.1) is 6.04 Å². The van der Waals surface area contributed by atoms with Gasteiger partial charge in [0.25, 0.3) is 0 Å². The van der Waals surface area contributed by atoms with Gasteiger partial charge in [0.2, 0.25) is 0 Å². The third-order valence-electron chi connectivity index (χ3n) is 6.04. The normalized spacial score (nSPS) is 25.7. The zero-order valence-corrected chi connectivity index (χ0v) is 17.0. The molecule has 0 aromatic heterocycles. The highest BCUT2D eigenvalue weighted by molar-refractivity contribution is 5.66. The summed E-state index contributed by atoms with van der Waals surface area (Å²) < 4.78 is 0. The van der Waals surface area contributed by atoms with Crippen LogP contribution in [0.5, 0.6) is 0 Å². The van der Waals surface area contributed by atoms with Crippen molar-refractivity contribution in [3.05, 3.63) is 64.5 Å². The molecule has 2 atom stereocenters. The van der Waals surface area contributed by atoms with Gasteiger partial charge in [0.1, 0.15) is 5.66 Å². The summed E-state index contributed by atoms with van der Waals surface area (Å²) in [6, 6.07) is 7.01. The van der Waals surface area contributed by atoms with E-state index in [0.717, 1.165) is 0 Å². The fourth-order valence-electron chi connectivity index (χ4n) is 4.85. The predicted octanol–water partition coefficient (Wildman–Crippen LogP) is 5.93. The Morgan fingerprint density at radius 3 is 2.08 bits per heavy atom. The summed E-state index contributed by atoms with van der Waals surface area (Å²) in [6.45, 7) is 18.3. The second kappa shape index (κ2) is 6.09. The van der Waals surface area contributed by atoms with Crippen molar-refractivity contribution < 1.29 is 0 Å². The van der Waals surface area contributed by atoms with Crippen molar-refractivity contribution >= 4 is 5.69 Å². The molecule has 1 aromatic rings. The maximum atomic E-state index is 2.63. The molecule has 1 aromatic carbocycles. The summed E-state index contributed by atoms with van der Waals surface area (Å²) in [7, 11) is 0. The second-order valence-electron chi connectivity index (χ2n) is 8.21. The van der Waals surface area contributed by atoms with Gasteiger partial charge >= 0.3 is 0 Å². The first kappa shape index (κ1) is 17.8. The van der Waals surface area contributed by atoms with Crippen LogP contribution in [0.25, 0.3) is 0 Å². The molecule has 0 radical (unpaired) electrons. The average Bonchev–Trinajstić information content (AvgIpc) is 2.68. The van der Waals surface area contributed by atoms with Crippen LogP contribution in [0.4, 0.5) is 5.69 Å². The fourth-order valence-corrected chi connectivity index (χ4v) is 4.85. The van der Waals surface area contributed by atoms with Gasteiger partial charge in [0, 0.05) is 17.1 Å². The second-order valence-corrected chi connectivity index (χ2v) is 8.21. The van der Waals surface area contributed by atoms with Crippen molar-refractivity contribution in [1.82, 2.24) is 4.90 Å². The highest BCUT2D eigenvalue weighted by atomic mass is 15.5. The monoisotopic (exact) mass is 336 g/mol. The van der Waals surface area contributed by atoms with E-state index < -0.39 is 0 Å². The number of rotatable bonds is 2. The van der Waals surface area contributed by atoms with Crippen LogP contribution in [0.2, 0.25) is 0 Å². The topological polar surface area (TPSA) is 6.48 Å². The molecular weight excluding hydrogens is 304 g/mol. The van der Waals surface area contributed by atoms with Gasteiger partial charge in [-0.3, -0.25) is 0 Å². The van der Waals surface area contributed by atoms with Crippen molar-refractivity contribution in [1.29, 1.82) is 0 Å². The van der Waals surface area contributed by atoms with Gasteiger partial charge in [-0.25, -0.2) is 0 Å². The summed E-state index contributed by atoms with van der Waals surface area (Å²) >= 11 is 0. The van der Waals surface area contributed by atoms with Gasteiger partial charge in [-0.15, -0.1) is 0 Å². The van der Waals surface area contributed by atoms with Crippen LogP contribution in [-0.4, -0.2) is 16.6 Å².